The van der Waals surface area contributed by atoms with E-state index in [0.29, 0.717) is 34.8 Å². The lowest BCUT2D eigenvalue weighted by molar-refractivity contribution is -0.142. The number of benzene rings is 6. The minimum Gasteiger partial charge on any atom is -0.481 e. The summed E-state index contributed by atoms with van der Waals surface area (Å²) in [5, 5.41) is 16.3. The lowest BCUT2D eigenvalue weighted by Gasteiger charge is -2.32. The second kappa shape index (κ2) is 32.0. The fourth-order valence-electron chi connectivity index (χ4n) is 16.7. The van der Waals surface area contributed by atoms with Gasteiger partial charge in [-0.1, -0.05) is 240 Å². The van der Waals surface area contributed by atoms with Gasteiger partial charge in [-0.3, -0.25) is 14.4 Å². The number of nitrogens with one attached hydrogen (secondary N) is 4. The van der Waals surface area contributed by atoms with Gasteiger partial charge in [0, 0.05) is 66.8 Å². The van der Waals surface area contributed by atoms with Gasteiger partial charge in [0.1, 0.15) is 0 Å². The second-order valence-electron chi connectivity index (χ2n) is 31.4. The number of amides is 2. The van der Waals surface area contributed by atoms with Crippen LogP contribution in [0.2, 0.25) is 0 Å². The Kier molecular flexibility index (Phi) is 21.3. The monoisotopic (exact) mass is 1450 g/mol. The fourth-order valence-corrected chi connectivity index (χ4v) is 16.7. The molecule has 3 unspecified atom stereocenters. The molecular formula is C101H94N6O4. The van der Waals surface area contributed by atoms with Gasteiger partial charge in [-0.05, 0) is 252 Å². The average molecular weight is 1460 g/mol. The van der Waals surface area contributed by atoms with Crippen LogP contribution in [0, 0.1) is 37.0 Å². The first-order valence-corrected chi connectivity index (χ1v) is 38.8. The summed E-state index contributed by atoms with van der Waals surface area (Å²) in [6.07, 6.45) is 45.1. The van der Waals surface area contributed by atoms with E-state index in [0.717, 1.165) is 142 Å². The van der Waals surface area contributed by atoms with Crippen molar-refractivity contribution >= 4 is 81.6 Å². The molecule has 5 N–H and O–H groups in total. The predicted molar refractivity (Wildman–Crippen MR) is 462 cm³/mol. The molecule has 10 heteroatoms. The molecular weight excluding hydrogens is 1360 g/mol. The highest BCUT2D eigenvalue weighted by molar-refractivity contribution is 6.06. The summed E-state index contributed by atoms with van der Waals surface area (Å²) in [4.78, 5) is 59.0. The van der Waals surface area contributed by atoms with Crippen LogP contribution in [0.3, 0.4) is 0 Å². The van der Waals surface area contributed by atoms with Gasteiger partial charge in [0.25, 0.3) is 11.8 Å². The zero-order chi connectivity index (χ0) is 77.0. The normalized spacial score (nSPS) is 17.7. The Morgan fingerprint density at radius 2 is 0.892 bits per heavy atom. The predicted octanol–water partition coefficient (Wildman–Crippen LogP) is 25.1. The summed E-state index contributed by atoms with van der Waals surface area (Å²) in [5.41, 5.74) is 32.6. The van der Waals surface area contributed by atoms with E-state index >= 15 is 0 Å². The Hall–Kier alpha value is -12.5. The fraction of sp³-hybridized carbons (Fsp3) is 0.198. The van der Waals surface area contributed by atoms with Crippen molar-refractivity contribution in [1.29, 1.82) is 0 Å². The molecule has 3 aromatic heterocycles. The lowest BCUT2D eigenvalue weighted by atomic mass is 9.72. The number of fused-ring (bicyclic) bond motifs is 13. The number of allylic oxidation sites excluding steroid dienone is 21. The van der Waals surface area contributed by atoms with Crippen LogP contribution in [0.5, 0.6) is 0 Å². The number of carbonyl (C=O) groups is 3. The van der Waals surface area contributed by atoms with E-state index in [9.17, 15) is 19.5 Å². The van der Waals surface area contributed by atoms with Crippen molar-refractivity contribution in [1.82, 2.24) is 19.9 Å². The van der Waals surface area contributed by atoms with Gasteiger partial charge in [-0.2, -0.15) is 0 Å². The number of carbonyl (C=O) groups excluding carboxylic acids is 2. The molecule has 5 heterocycles. The number of rotatable bonds is 19. The zero-order valence-electron chi connectivity index (χ0n) is 64.7. The van der Waals surface area contributed by atoms with Crippen LogP contribution in [0.15, 0.2) is 287 Å². The molecule has 6 aromatic carbocycles. The minimum absolute atomic E-state index is 0.0917. The third-order valence-electron chi connectivity index (χ3n) is 22.8. The maximum Gasteiger partial charge on any atom is 0.307 e. The third-order valence-corrected chi connectivity index (χ3v) is 22.8. The molecule has 4 aliphatic carbocycles. The Balaban J connectivity index is 0.667. The summed E-state index contributed by atoms with van der Waals surface area (Å²) in [6.45, 7) is 19.6. The van der Waals surface area contributed by atoms with Crippen LogP contribution in [0.1, 0.15) is 152 Å². The van der Waals surface area contributed by atoms with Gasteiger partial charge in [-0.15, -0.1) is 0 Å². The molecule has 3 atom stereocenters. The van der Waals surface area contributed by atoms with Crippen molar-refractivity contribution in [2.24, 2.45) is 23.2 Å². The van der Waals surface area contributed by atoms with Crippen LogP contribution in [0.4, 0.5) is 11.4 Å². The maximum absolute atomic E-state index is 14.1. The molecule has 6 aliphatic rings. The summed E-state index contributed by atoms with van der Waals surface area (Å²) in [7, 11) is 0. The van der Waals surface area contributed by atoms with Crippen molar-refractivity contribution in [3.63, 3.8) is 0 Å². The first kappa shape index (κ1) is 74.0. The standard InChI is InChI=1S/C101H94N6O4/c1-62(15-10-11-16-63(2)18-13-20-65(4)27-47-85-68(7)21-14-56-101(85,8)9)17-12-19-64(3)22-28-69-29-35-74(36-30-69)98(108)102-79-43-39-72(40-44-79)96-90-52-48-86(104-90)94(70-31-23-66(5)24-32-70)88-50-54-92(106-88)97(93-55-51-89(107-93)95(87-49-53-91(96)105-87)71-33-25-67(6)26-34-71)73-41-45-80(46-42-73)103-99(109)76-38-37-75-58-81-78-60-83(84(61-78)100(110)111)82(81)59-77(75)57-76/h10-13,15-20,22-55,57,78,83-84,104,107H,14,21,56,58-61H2,1-9H3,(H,102,108)(H,103,109)(H,110,111)/b11-10+,17-12+,18-13+,28-22+,47-27+,62-15+,63-16+,64-19+,65-20+,94-86?,94-88?,95-87?,95-89?,96-90?,96-91?,97-92?,97-93?. The first-order valence-electron chi connectivity index (χ1n) is 38.8. The molecule has 10 bridgehead atoms. The highest BCUT2D eigenvalue weighted by Gasteiger charge is 2.49. The summed E-state index contributed by atoms with van der Waals surface area (Å²) in [6, 6.07) is 55.1. The molecule has 111 heavy (non-hydrogen) atoms. The average Bonchev–Trinajstić information content (AvgIpc) is 1.60. The van der Waals surface area contributed by atoms with Gasteiger partial charge in [0.05, 0.1) is 28.7 Å². The van der Waals surface area contributed by atoms with E-state index in [1.165, 1.54) is 58.3 Å². The third kappa shape index (κ3) is 16.4. The zero-order valence-corrected chi connectivity index (χ0v) is 64.7. The van der Waals surface area contributed by atoms with Gasteiger partial charge in [0.2, 0.25) is 0 Å². The van der Waals surface area contributed by atoms with Gasteiger partial charge < -0.3 is 25.7 Å². The number of carboxylic acid groups (broad SMARTS) is 1. The summed E-state index contributed by atoms with van der Waals surface area (Å²) < 4.78 is 0. The molecule has 0 spiro atoms. The first-order chi connectivity index (χ1) is 53.7. The number of aliphatic carboxylic acids is 1. The van der Waals surface area contributed by atoms with Crippen molar-refractivity contribution in [3.05, 3.63) is 349 Å². The van der Waals surface area contributed by atoms with Crippen molar-refractivity contribution in [2.45, 2.75) is 107 Å². The van der Waals surface area contributed by atoms with Crippen molar-refractivity contribution < 1.29 is 19.5 Å². The van der Waals surface area contributed by atoms with E-state index in [4.69, 9.17) is 9.97 Å². The van der Waals surface area contributed by atoms with Crippen LogP contribution in [-0.2, 0) is 17.6 Å². The van der Waals surface area contributed by atoms with E-state index in [2.05, 4.69) is 271 Å². The number of hydrogen-bond acceptors (Lipinski definition) is 5. The molecule has 10 nitrogen and oxygen atoms in total. The number of H-pyrrole nitrogens is 2. The molecule has 9 aromatic rings. The smallest absolute Gasteiger partial charge is 0.307 e. The Bertz CT molecular complexity index is 5780. The molecule has 0 radical (unpaired) electrons. The Morgan fingerprint density at radius 3 is 1.36 bits per heavy atom. The number of nitrogens with zero attached hydrogens (tertiary/aromatic N) is 2. The maximum atomic E-state index is 14.1. The number of aromatic nitrogens is 4. The lowest BCUT2D eigenvalue weighted by Crippen LogP contribution is -2.26. The molecule has 15 rings (SSSR count). The van der Waals surface area contributed by atoms with Crippen molar-refractivity contribution in [3.8, 4) is 44.5 Å². The number of hydrogen-bond donors (Lipinski definition) is 5. The summed E-state index contributed by atoms with van der Waals surface area (Å²) in [5.74, 6) is -0.980. The largest absolute Gasteiger partial charge is 0.481 e. The van der Waals surface area contributed by atoms with Crippen molar-refractivity contribution in [2.75, 3.05) is 10.6 Å². The summed E-state index contributed by atoms with van der Waals surface area (Å²) >= 11 is 0. The van der Waals surface area contributed by atoms with Gasteiger partial charge >= 0.3 is 5.97 Å². The highest BCUT2D eigenvalue weighted by Crippen LogP contribution is 2.56. The Morgan fingerprint density at radius 1 is 0.468 bits per heavy atom. The van der Waals surface area contributed by atoms with Crippen LogP contribution in [-0.4, -0.2) is 42.8 Å². The number of aromatic amines is 2. The molecule has 1 saturated carbocycles. The molecule has 2 amide bonds. The highest BCUT2D eigenvalue weighted by atomic mass is 16.4. The van der Waals surface area contributed by atoms with Crippen LogP contribution in [0.25, 0.3) is 97.0 Å². The topological polar surface area (TPSA) is 153 Å². The van der Waals surface area contributed by atoms with E-state index in [-0.39, 0.29) is 29.1 Å². The van der Waals surface area contributed by atoms with Gasteiger partial charge in [-0.25, -0.2) is 9.97 Å². The second-order valence-corrected chi connectivity index (χ2v) is 31.4. The molecule has 0 saturated heterocycles. The number of anilines is 2. The Labute approximate surface area is 651 Å². The van der Waals surface area contributed by atoms with Crippen LogP contribution < -0.4 is 10.6 Å². The minimum atomic E-state index is -0.695. The van der Waals surface area contributed by atoms with E-state index in [1.807, 2.05) is 84.9 Å². The van der Waals surface area contributed by atoms with Gasteiger partial charge in [0.15, 0.2) is 0 Å². The molecule has 1 fully saturated rings. The molecule has 552 valence electrons. The molecule has 2 aliphatic heterocycles. The number of carboxylic acids is 1. The quantitative estimate of drug-likeness (QED) is 0.0401. The van der Waals surface area contributed by atoms with Crippen LogP contribution >= 0.6 is 0 Å². The van der Waals surface area contributed by atoms with E-state index in [1.54, 1.807) is 0 Å². The number of aryl methyl sites for hydroxylation is 2. The van der Waals surface area contributed by atoms with E-state index < -0.39 is 5.97 Å². The SMILES string of the molecule is CC1=C(/C=C/C(C)=C/C=C/C(C)=C/C=C/C=C(C)/C=C/C=C(C)/C=C/c2ccc(C(=O)Nc3ccc(-c4c5nc(c(-c6ccc(C)cc6)c6ccc([nH]6)c(-c6ccc(NC(=O)c7ccc8c(c7)CC7=C(C8)C8CC(C(=O)O)C7C8)cc6)c6nc(c(-c7ccc(C)cc7)c7ccc4[nH]7)C=C6)C=C5)cc3)cc2)C(C)(C)CCC1.